The summed E-state index contributed by atoms with van der Waals surface area (Å²) in [5.41, 5.74) is -1.09. The van der Waals surface area contributed by atoms with Crippen LogP contribution in [-0.4, -0.2) is 24.4 Å². The summed E-state index contributed by atoms with van der Waals surface area (Å²) in [5.74, 6) is -0.900. The number of ether oxygens (including phenoxy) is 2. The van der Waals surface area contributed by atoms with Crippen LogP contribution in [0.3, 0.4) is 0 Å². The minimum absolute atomic E-state index is 0.0785. The highest BCUT2D eigenvalue weighted by Crippen LogP contribution is 2.38. The van der Waals surface area contributed by atoms with E-state index in [0.29, 0.717) is 19.4 Å². The Morgan fingerprint density at radius 2 is 1.86 bits per heavy atom. The molecule has 1 aliphatic carbocycles. The van der Waals surface area contributed by atoms with Gasteiger partial charge >= 0.3 is 6.36 Å². The Morgan fingerprint density at radius 1 is 1.24 bits per heavy atom. The number of benzene rings is 1. The zero-order chi connectivity index (χ0) is 15.5. The monoisotopic (exact) mass is 302 g/mol. The first-order chi connectivity index (χ1) is 9.88. The first kappa shape index (κ1) is 15.8. The molecule has 0 saturated heterocycles. The zero-order valence-electron chi connectivity index (χ0n) is 11.7. The van der Waals surface area contributed by atoms with Gasteiger partial charge in [-0.2, -0.15) is 0 Å². The number of halogens is 3. The van der Waals surface area contributed by atoms with E-state index in [9.17, 15) is 18.0 Å². The van der Waals surface area contributed by atoms with Crippen LogP contribution in [0.2, 0.25) is 0 Å². The number of hydrogen-bond acceptors (Lipinski definition) is 3. The Hall–Kier alpha value is -1.56. The summed E-state index contributed by atoms with van der Waals surface area (Å²) in [7, 11) is 0. The summed E-state index contributed by atoms with van der Waals surface area (Å²) in [6.07, 6.45) is -2.12. The smallest absolute Gasteiger partial charge is 0.405 e. The van der Waals surface area contributed by atoms with Crippen molar-refractivity contribution >= 4 is 5.78 Å². The molecule has 0 unspecified atom stereocenters. The van der Waals surface area contributed by atoms with Gasteiger partial charge in [-0.1, -0.05) is 12.1 Å². The molecule has 1 saturated carbocycles. The molecule has 0 amide bonds. The lowest BCUT2D eigenvalue weighted by molar-refractivity contribution is -0.274. The molecule has 1 aromatic rings. The molecule has 6 heteroatoms. The fourth-order valence-corrected chi connectivity index (χ4v) is 2.77. The lowest BCUT2D eigenvalue weighted by Gasteiger charge is -2.28. The molecule has 0 radical (unpaired) electrons. The number of carbonyl (C=O) groups is 1. The van der Waals surface area contributed by atoms with E-state index in [1.54, 1.807) is 6.92 Å². The summed E-state index contributed by atoms with van der Waals surface area (Å²) in [4.78, 5) is 12.7. The van der Waals surface area contributed by atoms with Crippen molar-refractivity contribution < 1.29 is 27.4 Å². The molecule has 0 aliphatic heterocycles. The van der Waals surface area contributed by atoms with Crippen molar-refractivity contribution in [3.63, 3.8) is 0 Å². The Balaban J connectivity index is 2.34. The minimum Gasteiger partial charge on any atom is -0.405 e. The van der Waals surface area contributed by atoms with Crippen molar-refractivity contribution in [2.45, 2.75) is 44.6 Å². The largest absolute Gasteiger partial charge is 0.573 e. The molecule has 0 N–H and O–H groups in total. The maximum Gasteiger partial charge on any atom is 0.573 e. The van der Waals surface area contributed by atoms with Gasteiger partial charge < -0.3 is 9.47 Å². The van der Waals surface area contributed by atoms with E-state index >= 15 is 0 Å². The third kappa shape index (κ3) is 3.56. The molecule has 3 nitrogen and oxygen atoms in total. The fraction of sp³-hybridized carbons (Fsp3) is 0.533. The topological polar surface area (TPSA) is 35.5 Å². The lowest BCUT2D eigenvalue weighted by atomic mass is 9.90. The fourth-order valence-electron chi connectivity index (χ4n) is 2.77. The highest BCUT2D eigenvalue weighted by Gasteiger charge is 2.44. The standard InChI is InChI=1S/C15H17F3O3/c1-2-20-14(9-5-6-10-14)13(19)11-7-3-4-8-12(11)21-15(16,17)18/h3-4,7-8H,2,5-6,9-10H2,1H3. The van der Waals surface area contributed by atoms with E-state index in [-0.39, 0.29) is 5.56 Å². The van der Waals surface area contributed by atoms with Crippen molar-refractivity contribution in [3.05, 3.63) is 29.8 Å². The summed E-state index contributed by atoms with van der Waals surface area (Å²) in [6.45, 7) is 2.11. The number of carbonyl (C=O) groups excluding carboxylic acids is 1. The molecule has 1 aromatic carbocycles. The third-order valence-corrected chi connectivity index (χ3v) is 3.60. The number of Topliss-reactive ketones (excluding diaryl/α,β-unsaturated/α-hetero) is 1. The van der Waals surface area contributed by atoms with Crippen LogP contribution < -0.4 is 4.74 Å². The van der Waals surface area contributed by atoms with Crippen molar-refractivity contribution in [2.24, 2.45) is 0 Å². The Bertz CT molecular complexity index is 505. The average molecular weight is 302 g/mol. The Kier molecular flexibility index (Phi) is 4.56. The number of rotatable bonds is 5. The molecule has 2 rings (SSSR count). The number of para-hydroxylation sites is 1. The summed E-state index contributed by atoms with van der Waals surface area (Å²) in [6, 6.07) is 5.42. The van der Waals surface area contributed by atoms with Crippen LogP contribution in [-0.2, 0) is 4.74 Å². The van der Waals surface area contributed by atoms with E-state index in [4.69, 9.17) is 4.74 Å². The van der Waals surface area contributed by atoms with Gasteiger partial charge in [-0.15, -0.1) is 13.2 Å². The molecule has 0 heterocycles. The van der Waals surface area contributed by atoms with E-state index in [1.807, 2.05) is 0 Å². The maximum absolute atomic E-state index is 12.7. The van der Waals surface area contributed by atoms with E-state index in [2.05, 4.69) is 4.74 Å². The van der Waals surface area contributed by atoms with Gasteiger partial charge in [0.25, 0.3) is 0 Å². The number of alkyl halides is 3. The van der Waals surface area contributed by atoms with E-state index < -0.39 is 23.5 Å². The molecule has 0 aromatic heterocycles. The SMILES string of the molecule is CCOC1(C(=O)c2ccccc2OC(F)(F)F)CCCC1. The first-order valence-electron chi connectivity index (χ1n) is 6.91. The summed E-state index contributed by atoms with van der Waals surface area (Å²) in [5, 5.41) is 0. The van der Waals surface area contributed by atoms with Crippen LogP contribution in [0.5, 0.6) is 5.75 Å². The van der Waals surface area contributed by atoms with Crippen LogP contribution in [0.25, 0.3) is 0 Å². The molecule has 0 spiro atoms. The number of hydrogen-bond donors (Lipinski definition) is 0. The normalized spacial score (nSPS) is 17.7. The second-order valence-electron chi connectivity index (χ2n) is 5.01. The molecular formula is C15H17F3O3. The quantitative estimate of drug-likeness (QED) is 0.768. The second kappa shape index (κ2) is 6.05. The van der Waals surface area contributed by atoms with Crippen LogP contribution in [0.15, 0.2) is 24.3 Å². The van der Waals surface area contributed by atoms with Gasteiger partial charge in [-0.05, 0) is 44.7 Å². The van der Waals surface area contributed by atoms with Crippen molar-refractivity contribution in [1.82, 2.24) is 0 Å². The Labute approximate surface area is 121 Å². The van der Waals surface area contributed by atoms with Crippen LogP contribution in [0, 0.1) is 0 Å². The minimum atomic E-state index is -4.83. The summed E-state index contributed by atoms with van der Waals surface area (Å²) >= 11 is 0. The molecule has 116 valence electrons. The molecule has 1 fully saturated rings. The van der Waals surface area contributed by atoms with Crippen molar-refractivity contribution in [2.75, 3.05) is 6.61 Å². The zero-order valence-corrected chi connectivity index (χ0v) is 11.7. The molecular weight excluding hydrogens is 285 g/mol. The maximum atomic E-state index is 12.7. The van der Waals surface area contributed by atoms with Crippen molar-refractivity contribution in [3.8, 4) is 5.75 Å². The molecule has 21 heavy (non-hydrogen) atoms. The Morgan fingerprint density at radius 3 is 2.43 bits per heavy atom. The highest BCUT2D eigenvalue weighted by atomic mass is 19.4. The molecule has 0 bridgehead atoms. The first-order valence-corrected chi connectivity index (χ1v) is 6.91. The second-order valence-corrected chi connectivity index (χ2v) is 5.01. The molecule has 1 aliphatic rings. The number of ketones is 1. The van der Waals surface area contributed by atoms with Gasteiger partial charge in [0.1, 0.15) is 11.4 Å². The van der Waals surface area contributed by atoms with Gasteiger partial charge in [-0.25, -0.2) is 0 Å². The predicted molar refractivity (Wildman–Crippen MR) is 70.3 cm³/mol. The van der Waals surface area contributed by atoms with Crippen LogP contribution in [0.1, 0.15) is 43.0 Å². The van der Waals surface area contributed by atoms with Gasteiger partial charge in [0.2, 0.25) is 0 Å². The van der Waals surface area contributed by atoms with E-state index in [0.717, 1.165) is 18.9 Å². The third-order valence-electron chi connectivity index (χ3n) is 3.60. The summed E-state index contributed by atoms with van der Waals surface area (Å²) < 4.78 is 46.9. The van der Waals surface area contributed by atoms with Gasteiger partial charge in [0.05, 0.1) is 5.56 Å². The molecule has 0 atom stereocenters. The van der Waals surface area contributed by atoms with Gasteiger partial charge in [0, 0.05) is 6.61 Å². The van der Waals surface area contributed by atoms with Gasteiger partial charge in [0.15, 0.2) is 5.78 Å². The lowest BCUT2D eigenvalue weighted by Crippen LogP contribution is -2.39. The van der Waals surface area contributed by atoms with Crippen molar-refractivity contribution in [1.29, 1.82) is 0 Å². The highest BCUT2D eigenvalue weighted by molar-refractivity contribution is 6.04. The van der Waals surface area contributed by atoms with E-state index in [1.165, 1.54) is 18.2 Å². The average Bonchev–Trinajstić information content (AvgIpc) is 2.87. The van der Waals surface area contributed by atoms with Crippen LogP contribution >= 0.6 is 0 Å². The van der Waals surface area contributed by atoms with Crippen LogP contribution in [0.4, 0.5) is 13.2 Å². The van der Waals surface area contributed by atoms with Gasteiger partial charge in [-0.3, -0.25) is 4.79 Å². The predicted octanol–water partition coefficient (Wildman–Crippen LogP) is 4.12.